The third-order valence-corrected chi connectivity index (χ3v) is 9.68. The zero-order valence-electron chi connectivity index (χ0n) is 46.0. The molecule has 70 heavy (non-hydrogen) atoms. The molecular formula is C57H97B5N4OS3. The van der Waals surface area contributed by atoms with Crippen molar-refractivity contribution in [2.75, 3.05) is 0 Å². The van der Waals surface area contributed by atoms with Crippen LogP contribution < -0.4 is 15.6 Å². The number of rotatable bonds is 0. The standard InChI is InChI=1S/C11H12BNS.C11H13NS.C10H14.2C5H12.C3H2BNO.C3H2BNS.2C2H6.2CH3B.3CH4/c1-11(2,3)7-4-5-9-8(6-7)13-10(12)14-9;1-11(2,3)10-12-8-6-4-5-7-9(8)13-10;1-10(2,3)9-7-5-4-6-8-9;2*1-5(2,3)4;2*4-3-5-1-2-6-3;4*1-2;;;/h4-6H,1-3H3;4-7H,1-3H3;4-8H,1-3H3;2*1-4H3;2*1-2H;2*1-2H3;2*1H3;3*1H4. The van der Waals surface area contributed by atoms with Crippen molar-refractivity contribution < 1.29 is 4.42 Å². The van der Waals surface area contributed by atoms with Gasteiger partial charge in [-0.2, -0.15) is 0 Å². The van der Waals surface area contributed by atoms with E-state index < -0.39 is 0 Å². The Morgan fingerprint density at radius 3 is 1.21 bits per heavy atom. The van der Waals surface area contributed by atoms with E-state index in [0.717, 1.165) is 15.7 Å². The van der Waals surface area contributed by atoms with Gasteiger partial charge in [-0.25, -0.2) is 9.97 Å². The Hall–Kier alpha value is -3.40. The molecule has 0 aliphatic rings. The van der Waals surface area contributed by atoms with Crippen molar-refractivity contribution in [3.63, 3.8) is 0 Å². The van der Waals surface area contributed by atoms with Gasteiger partial charge in [-0.15, -0.1) is 34.0 Å². The lowest BCUT2D eigenvalue weighted by Gasteiger charge is -2.18. The molecule has 0 spiro atoms. The van der Waals surface area contributed by atoms with Crippen LogP contribution in [-0.2, 0) is 16.2 Å². The van der Waals surface area contributed by atoms with E-state index in [-0.39, 0.29) is 38.9 Å². The summed E-state index contributed by atoms with van der Waals surface area (Å²) in [5.41, 5.74) is 6.47. The van der Waals surface area contributed by atoms with E-state index in [1.165, 1.54) is 69.6 Å². The Morgan fingerprint density at radius 1 is 0.457 bits per heavy atom. The molecule has 13 heteroatoms. The third-order valence-electron chi connectivity index (χ3n) is 6.75. The second kappa shape index (κ2) is 42.1. The van der Waals surface area contributed by atoms with Crippen molar-refractivity contribution in [2.24, 2.45) is 10.8 Å². The first kappa shape index (κ1) is 80.7. The van der Waals surface area contributed by atoms with Gasteiger partial charge in [-0.3, -0.25) is 9.97 Å². The maximum atomic E-state index is 5.66. The Balaban J connectivity index is -0.000000132. The van der Waals surface area contributed by atoms with Crippen LogP contribution in [0.3, 0.4) is 0 Å². The zero-order chi connectivity index (χ0) is 53.2. The fourth-order valence-electron chi connectivity index (χ4n) is 4.01. The van der Waals surface area contributed by atoms with Crippen molar-refractivity contribution in [3.05, 3.63) is 113 Å². The molecule has 5 nitrogen and oxygen atoms in total. The number of thiazole rings is 3. The summed E-state index contributed by atoms with van der Waals surface area (Å²) in [7, 11) is 24.8. The molecule has 0 unspecified atom stereocenters. The number of hydrogen-bond donors (Lipinski definition) is 0. The van der Waals surface area contributed by atoms with Crippen molar-refractivity contribution in [1.29, 1.82) is 0 Å². The minimum atomic E-state index is 0. The predicted octanol–water partition coefficient (Wildman–Crippen LogP) is 16.8. The monoisotopic (exact) mass is 1000 g/mol. The van der Waals surface area contributed by atoms with E-state index in [0.29, 0.717) is 26.1 Å². The third kappa shape index (κ3) is 44.5. The number of aromatic nitrogens is 4. The lowest BCUT2D eigenvalue weighted by Crippen LogP contribution is -2.10. The summed E-state index contributed by atoms with van der Waals surface area (Å²) in [5.74, 6) is 0.218. The summed E-state index contributed by atoms with van der Waals surface area (Å²) >= 11 is 4.78. The van der Waals surface area contributed by atoms with Crippen LogP contribution in [0.2, 0.25) is 13.6 Å². The van der Waals surface area contributed by atoms with E-state index in [2.05, 4.69) is 224 Å². The van der Waals surface area contributed by atoms with Gasteiger partial charge in [0.1, 0.15) is 12.1 Å². The number of fused-ring (bicyclic) bond motifs is 2. The van der Waals surface area contributed by atoms with Crippen molar-refractivity contribution in [2.45, 2.75) is 198 Å². The fraction of sp³-hybridized carbons (Fsp3) is 0.544. The van der Waals surface area contributed by atoms with E-state index in [4.69, 9.17) is 23.5 Å². The quantitative estimate of drug-likeness (QED) is 0.142. The molecule has 0 fully saturated rings. The van der Waals surface area contributed by atoms with Crippen LogP contribution >= 0.6 is 34.0 Å². The van der Waals surface area contributed by atoms with E-state index in [1.54, 1.807) is 17.5 Å². The van der Waals surface area contributed by atoms with Gasteiger partial charge in [-0.05, 0) is 57.1 Å². The Bertz CT molecular complexity index is 2070. The maximum absolute atomic E-state index is 5.66. The van der Waals surface area contributed by atoms with Crippen molar-refractivity contribution in [3.8, 4) is 0 Å². The molecule has 0 bridgehead atoms. The van der Waals surface area contributed by atoms with Crippen LogP contribution in [0.5, 0.6) is 0 Å². The highest BCUT2D eigenvalue weighted by Gasteiger charge is 2.18. The lowest BCUT2D eigenvalue weighted by atomic mass is 9.87. The van der Waals surface area contributed by atoms with Crippen LogP contribution in [0.15, 0.2) is 101 Å². The summed E-state index contributed by atoms with van der Waals surface area (Å²) in [6, 6.07) is 25.2. The first-order valence-electron chi connectivity index (χ1n) is 23.0. The molecule has 0 N–H and O–H groups in total. The molecule has 0 saturated carbocycles. The molecule has 7 rings (SSSR count). The van der Waals surface area contributed by atoms with Gasteiger partial charge in [0.05, 0.1) is 47.3 Å². The van der Waals surface area contributed by atoms with Crippen LogP contribution in [0.4, 0.5) is 0 Å². The average Bonchev–Trinajstić information content (AvgIpc) is 4.08. The van der Waals surface area contributed by atoms with Gasteiger partial charge in [0.15, 0.2) is 23.5 Å². The average molecular weight is 1000 g/mol. The van der Waals surface area contributed by atoms with Gasteiger partial charge in [0.2, 0.25) is 0 Å². The highest BCUT2D eigenvalue weighted by atomic mass is 32.1. The maximum Gasteiger partial charge on any atom is 0.197 e. The minimum Gasteiger partial charge on any atom is -0.461 e. The van der Waals surface area contributed by atoms with Crippen molar-refractivity contribution >= 4 is 109 Å². The minimum absolute atomic E-state index is 0. The second-order valence-electron chi connectivity index (χ2n) is 20.1. The molecule has 7 aromatic rings. The Labute approximate surface area is 452 Å². The number of benzene rings is 3. The molecule has 3 aromatic carbocycles. The molecule has 384 valence electrons. The molecule has 0 atom stereocenters. The van der Waals surface area contributed by atoms with Crippen LogP contribution in [0.1, 0.15) is 184 Å². The number of hydrogen-bond acceptors (Lipinski definition) is 8. The van der Waals surface area contributed by atoms with Gasteiger partial charge < -0.3 is 4.42 Å². The fourth-order valence-corrected chi connectivity index (χ4v) is 6.13. The molecule has 0 saturated heterocycles. The molecule has 0 aliphatic heterocycles. The smallest absolute Gasteiger partial charge is 0.197 e. The molecule has 4 aromatic heterocycles. The topological polar surface area (TPSA) is 64.7 Å². The molecule has 0 aliphatic carbocycles. The van der Waals surface area contributed by atoms with E-state index >= 15 is 0 Å². The first-order chi connectivity index (χ1) is 30.9. The molecule has 4 heterocycles. The highest BCUT2D eigenvalue weighted by Crippen LogP contribution is 2.31. The Morgan fingerprint density at radius 2 is 0.900 bits per heavy atom. The molecular weight excluding hydrogens is 907 g/mol. The number of para-hydroxylation sites is 1. The van der Waals surface area contributed by atoms with E-state index in [9.17, 15) is 0 Å². The molecule has 0 amide bonds. The van der Waals surface area contributed by atoms with Crippen LogP contribution in [0, 0.1) is 10.8 Å². The summed E-state index contributed by atoms with van der Waals surface area (Å²) in [4.78, 5) is 17.4. The number of nitrogens with zero attached hydrogens (tertiary/aromatic N) is 4. The van der Waals surface area contributed by atoms with Crippen LogP contribution in [0.25, 0.3) is 20.4 Å². The van der Waals surface area contributed by atoms with Gasteiger partial charge >= 0.3 is 0 Å². The zero-order valence-corrected chi connectivity index (χ0v) is 48.5. The normalized spacial score (nSPS) is 9.87. The summed E-state index contributed by atoms with van der Waals surface area (Å²) in [6.07, 6.45) is 4.60. The van der Waals surface area contributed by atoms with Gasteiger partial charge in [0, 0.05) is 26.8 Å². The van der Waals surface area contributed by atoms with Gasteiger partial charge in [-0.1, -0.05) is 230 Å². The number of oxazole rings is 1. The van der Waals surface area contributed by atoms with Gasteiger partial charge in [0.25, 0.3) is 0 Å². The lowest BCUT2D eigenvalue weighted by molar-refractivity contribution is 0.469. The highest BCUT2D eigenvalue weighted by molar-refractivity contribution is 7.25. The SMILES string of the molecule is C.C.C.CC.CC.CC(C)(C)C.CC(C)(C)C.CC(C)(C)c1ccccc1.CC(C)(C)c1nc2ccccc2s1.[B]C.[B]C.[B]c1nc2cc(C(C)(C)C)ccc2s1.[B]c1ncco1.[B]c1nccs1. The predicted molar refractivity (Wildman–Crippen MR) is 333 cm³/mol. The van der Waals surface area contributed by atoms with Crippen LogP contribution in [-0.4, -0.2) is 59.2 Å². The first-order valence-corrected chi connectivity index (χ1v) is 25.5. The second-order valence-corrected chi connectivity index (χ2v) is 23.1. The largest absolute Gasteiger partial charge is 0.461 e. The summed E-state index contributed by atoms with van der Waals surface area (Å²) in [6.45, 7) is 48.4. The Kier molecular flexibility index (Phi) is 48.6. The summed E-state index contributed by atoms with van der Waals surface area (Å²) in [5, 5.41) is 3.06. The summed E-state index contributed by atoms with van der Waals surface area (Å²) < 4.78 is 6.95. The van der Waals surface area contributed by atoms with Crippen molar-refractivity contribution in [1.82, 2.24) is 19.9 Å². The molecule has 10 radical (unpaired) electrons. The van der Waals surface area contributed by atoms with E-state index in [1.807, 2.05) is 39.1 Å².